The zero-order valence-electron chi connectivity index (χ0n) is 17.5. The molecular weight excluding hydrogens is 417 g/mol. The monoisotopic (exact) mass is 441 g/mol. The van der Waals surface area contributed by atoms with Crippen LogP contribution < -0.4 is 14.4 Å². The summed E-state index contributed by atoms with van der Waals surface area (Å²) in [5, 5.41) is 0.697. The molecule has 0 spiro atoms. The number of ether oxygens (including phenoxy) is 2. The van der Waals surface area contributed by atoms with Gasteiger partial charge in [-0.25, -0.2) is 4.39 Å². The number of thioether (sulfide) groups is 1. The van der Waals surface area contributed by atoms with E-state index < -0.39 is 0 Å². The molecule has 8 heteroatoms. The number of nitrogens with zero attached hydrogens (tertiary/aromatic N) is 3. The maximum absolute atomic E-state index is 14.1. The summed E-state index contributed by atoms with van der Waals surface area (Å²) in [7, 11) is 1.59. The summed E-state index contributed by atoms with van der Waals surface area (Å²) in [5.74, 6) is 0.832. The number of rotatable bonds is 5. The van der Waals surface area contributed by atoms with E-state index in [0.717, 1.165) is 5.56 Å². The lowest BCUT2D eigenvalue weighted by Crippen LogP contribution is -2.48. The number of hydrogen-bond acceptors (Lipinski definition) is 6. The van der Waals surface area contributed by atoms with E-state index in [9.17, 15) is 9.18 Å². The summed E-state index contributed by atoms with van der Waals surface area (Å²) in [4.78, 5) is 21.4. The third kappa shape index (κ3) is 4.69. The summed E-state index contributed by atoms with van der Waals surface area (Å²) < 4.78 is 25.0. The number of para-hydroxylation sites is 1. The second kappa shape index (κ2) is 9.43. The number of hydrogen-bond donors (Lipinski definition) is 0. The van der Waals surface area contributed by atoms with Gasteiger partial charge in [0.1, 0.15) is 5.82 Å². The van der Waals surface area contributed by atoms with Crippen LogP contribution in [0.25, 0.3) is 6.08 Å². The van der Waals surface area contributed by atoms with E-state index in [1.54, 1.807) is 19.2 Å². The number of halogens is 1. The number of amidine groups is 1. The van der Waals surface area contributed by atoms with Gasteiger partial charge in [-0.05, 0) is 54.6 Å². The quantitative estimate of drug-likeness (QED) is 0.653. The largest absolute Gasteiger partial charge is 0.493 e. The summed E-state index contributed by atoms with van der Waals surface area (Å²) in [5.41, 5.74) is 1.46. The molecule has 4 rings (SSSR count). The standard InChI is InChI=1S/C23H24FN3O3S/c1-3-30-19-9-8-16(14-20(19)29-2)15-21-22(28)25-23(31-21)27-12-10-26(11-13-27)18-7-5-4-6-17(18)24/h4-9,14-15H,3,10-13H2,1-2H3/b21-15-. The fourth-order valence-electron chi connectivity index (χ4n) is 3.58. The molecule has 0 aromatic heterocycles. The van der Waals surface area contributed by atoms with Crippen molar-refractivity contribution in [1.29, 1.82) is 0 Å². The Morgan fingerprint density at radius 1 is 1.10 bits per heavy atom. The minimum Gasteiger partial charge on any atom is -0.493 e. The van der Waals surface area contributed by atoms with Crippen LogP contribution in [0.4, 0.5) is 10.1 Å². The van der Waals surface area contributed by atoms with Crippen LogP contribution in [0.3, 0.4) is 0 Å². The molecule has 0 unspecified atom stereocenters. The molecule has 0 aliphatic carbocycles. The van der Waals surface area contributed by atoms with Gasteiger partial charge in [-0.1, -0.05) is 18.2 Å². The predicted molar refractivity (Wildman–Crippen MR) is 122 cm³/mol. The molecule has 1 saturated heterocycles. The first-order chi connectivity index (χ1) is 15.1. The number of carbonyl (C=O) groups is 1. The van der Waals surface area contributed by atoms with Crippen LogP contribution in [-0.2, 0) is 4.79 Å². The first kappa shape index (κ1) is 21.2. The lowest BCUT2D eigenvalue weighted by atomic mass is 10.2. The molecule has 0 saturated carbocycles. The minimum absolute atomic E-state index is 0.213. The van der Waals surface area contributed by atoms with Crippen molar-refractivity contribution < 1.29 is 18.7 Å². The number of piperazine rings is 1. The predicted octanol–water partition coefficient (Wildman–Crippen LogP) is 4.03. The van der Waals surface area contributed by atoms with Gasteiger partial charge in [0.25, 0.3) is 5.91 Å². The zero-order valence-corrected chi connectivity index (χ0v) is 18.3. The van der Waals surface area contributed by atoms with E-state index in [2.05, 4.69) is 9.89 Å². The van der Waals surface area contributed by atoms with Crippen molar-refractivity contribution in [1.82, 2.24) is 4.90 Å². The Labute approximate surface area is 185 Å². The van der Waals surface area contributed by atoms with E-state index in [1.165, 1.54) is 17.8 Å². The third-order valence-corrected chi connectivity index (χ3v) is 6.18. The van der Waals surface area contributed by atoms with Gasteiger partial charge in [0.2, 0.25) is 0 Å². The van der Waals surface area contributed by atoms with E-state index >= 15 is 0 Å². The molecule has 0 bridgehead atoms. The summed E-state index contributed by atoms with van der Waals surface area (Å²) >= 11 is 1.37. The Morgan fingerprint density at radius 3 is 2.55 bits per heavy atom. The molecule has 31 heavy (non-hydrogen) atoms. The average molecular weight is 442 g/mol. The first-order valence-corrected chi connectivity index (χ1v) is 11.0. The lowest BCUT2D eigenvalue weighted by Gasteiger charge is -2.36. The van der Waals surface area contributed by atoms with Crippen LogP contribution in [-0.4, -0.2) is 55.9 Å². The molecule has 162 valence electrons. The van der Waals surface area contributed by atoms with Gasteiger partial charge in [-0.15, -0.1) is 0 Å². The van der Waals surface area contributed by atoms with Gasteiger partial charge in [-0.3, -0.25) is 4.79 Å². The maximum atomic E-state index is 14.1. The van der Waals surface area contributed by atoms with Gasteiger partial charge >= 0.3 is 0 Å². The molecule has 1 amide bonds. The number of methoxy groups -OCH3 is 1. The van der Waals surface area contributed by atoms with E-state index in [0.29, 0.717) is 60.0 Å². The molecule has 0 N–H and O–H groups in total. The van der Waals surface area contributed by atoms with Gasteiger partial charge in [0.15, 0.2) is 16.7 Å². The second-order valence-corrected chi connectivity index (χ2v) is 8.09. The number of amides is 1. The van der Waals surface area contributed by atoms with Crippen molar-refractivity contribution in [3.05, 3.63) is 58.8 Å². The van der Waals surface area contributed by atoms with Crippen LogP contribution in [0.2, 0.25) is 0 Å². The molecule has 0 atom stereocenters. The second-order valence-electron chi connectivity index (χ2n) is 7.08. The first-order valence-electron chi connectivity index (χ1n) is 10.2. The molecule has 6 nitrogen and oxygen atoms in total. The van der Waals surface area contributed by atoms with Gasteiger partial charge in [-0.2, -0.15) is 4.99 Å². The highest BCUT2D eigenvalue weighted by molar-refractivity contribution is 8.18. The Kier molecular flexibility index (Phi) is 6.46. The van der Waals surface area contributed by atoms with Crippen LogP contribution in [0.1, 0.15) is 12.5 Å². The van der Waals surface area contributed by atoms with Crippen LogP contribution in [0.15, 0.2) is 52.4 Å². The number of anilines is 1. The van der Waals surface area contributed by atoms with Gasteiger partial charge in [0, 0.05) is 26.2 Å². The summed E-state index contributed by atoms with van der Waals surface area (Å²) in [6.07, 6.45) is 1.82. The third-order valence-electron chi connectivity index (χ3n) is 5.14. The molecular formula is C23H24FN3O3S. The molecule has 2 aliphatic rings. The summed E-state index contributed by atoms with van der Waals surface area (Å²) in [6.45, 7) is 5.16. The fourth-order valence-corrected chi connectivity index (χ4v) is 4.55. The Bertz CT molecular complexity index is 1030. The average Bonchev–Trinajstić information content (AvgIpc) is 3.15. The molecule has 2 aromatic carbocycles. The Hall–Kier alpha value is -3.00. The smallest absolute Gasteiger partial charge is 0.286 e. The van der Waals surface area contributed by atoms with Crippen molar-refractivity contribution in [2.45, 2.75) is 6.92 Å². The molecule has 2 aliphatic heterocycles. The maximum Gasteiger partial charge on any atom is 0.286 e. The van der Waals surface area contributed by atoms with Crippen molar-refractivity contribution in [3.8, 4) is 11.5 Å². The number of carbonyl (C=O) groups excluding carboxylic acids is 1. The lowest BCUT2D eigenvalue weighted by molar-refractivity contribution is -0.113. The topological polar surface area (TPSA) is 54.4 Å². The Balaban J connectivity index is 1.42. The normalized spacial score (nSPS) is 17.8. The van der Waals surface area contributed by atoms with Gasteiger partial charge in [0.05, 0.1) is 24.3 Å². The van der Waals surface area contributed by atoms with Crippen molar-refractivity contribution in [2.75, 3.05) is 44.8 Å². The fraction of sp³-hybridized carbons (Fsp3) is 0.304. The molecule has 2 heterocycles. The SMILES string of the molecule is CCOc1ccc(/C=C2\SC(N3CCN(c4ccccc4F)CC3)=NC2=O)cc1OC. The number of aliphatic imine (C=N–C) groups is 1. The Morgan fingerprint density at radius 2 is 1.84 bits per heavy atom. The highest BCUT2D eigenvalue weighted by atomic mass is 32.2. The van der Waals surface area contributed by atoms with Gasteiger partial charge < -0.3 is 19.3 Å². The molecule has 1 fully saturated rings. The van der Waals surface area contributed by atoms with Crippen molar-refractivity contribution >= 4 is 34.6 Å². The summed E-state index contributed by atoms with van der Waals surface area (Å²) in [6, 6.07) is 12.4. The molecule has 2 aromatic rings. The molecule has 0 radical (unpaired) electrons. The van der Waals surface area contributed by atoms with E-state index in [4.69, 9.17) is 9.47 Å². The number of benzene rings is 2. The van der Waals surface area contributed by atoms with Crippen molar-refractivity contribution in [3.63, 3.8) is 0 Å². The van der Waals surface area contributed by atoms with Crippen LogP contribution in [0, 0.1) is 5.82 Å². The van der Waals surface area contributed by atoms with Crippen LogP contribution >= 0.6 is 11.8 Å². The highest BCUT2D eigenvalue weighted by Gasteiger charge is 2.29. The minimum atomic E-state index is -0.246. The van der Waals surface area contributed by atoms with Crippen molar-refractivity contribution in [2.24, 2.45) is 4.99 Å². The van der Waals surface area contributed by atoms with Crippen LogP contribution in [0.5, 0.6) is 11.5 Å². The highest BCUT2D eigenvalue weighted by Crippen LogP contribution is 2.34. The van der Waals surface area contributed by atoms with E-state index in [1.807, 2.05) is 42.2 Å². The van der Waals surface area contributed by atoms with E-state index in [-0.39, 0.29) is 11.7 Å². The zero-order chi connectivity index (χ0) is 21.8.